The van der Waals surface area contributed by atoms with Crippen molar-refractivity contribution in [2.45, 2.75) is 43.9 Å². The van der Waals surface area contributed by atoms with E-state index in [0.717, 1.165) is 0 Å². The van der Waals surface area contributed by atoms with Gasteiger partial charge in [-0.2, -0.15) is 13.2 Å². The van der Waals surface area contributed by atoms with Crippen molar-refractivity contribution in [3.05, 3.63) is 0 Å². The van der Waals surface area contributed by atoms with Crippen molar-refractivity contribution in [3.63, 3.8) is 0 Å². The van der Waals surface area contributed by atoms with Gasteiger partial charge in [-0.3, -0.25) is 9.69 Å². The molecule has 2 saturated heterocycles. The zero-order chi connectivity index (χ0) is 17.9. The van der Waals surface area contributed by atoms with Gasteiger partial charge in [-0.15, -0.1) is 0 Å². The first kappa shape index (κ1) is 18.8. The van der Waals surface area contributed by atoms with E-state index in [2.05, 4.69) is 0 Å². The van der Waals surface area contributed by atoms with E-state index >= 15 is 0 Å². The van der Waals surface area contributed by atoms with Crippen LogP contribution >= 0.6 is 0 Å². The van der Waals surface area contributed by atoms with Crippen molar-refractivity contribution >= 4 is 12.1 Å². The van der Waals surface area contributed by atoms with Gasteiger partial charge in [-0.25, -0.2) is 4.79 Å². The van der Waals surface area contributed by atoms with E-state index in [-0.39, 0.29) is 25.9 Å². The number of methoxy groups -OCH3 is 2. The molecule has 0 aromatic heterocycles. The predicted molar refractivity (Wildman–Crippen MR) is 78.3 cm³/mol. The molecule has 2 heterocycles. The van der Waals surface area contributed by atoms with Crippen LogP contribution in [0, 0.1) is 5.92 Å². The Morgan fingerprint density at radius 1 is 1.12 bits per heavy atom. The average molecular weight is 352 g/mol. The van der Waals surface area contributed by atoms with E-state index in [4.69, 9.17) is 9.47 Å². The van der Waals surface area contributed by atoms with E-state index < -0.39 is 36.2 Å². The largest absolute Gasteiger partial charge is 0.469 e. The van der Waals surface area contributed by atoms with Crippen LogP contribution in [0.25, 0.3) is 0 Å². The van der Waals surface area contributed by atoms with Gasteiger partial charge in [0.05, 0.1) is 20.1 Å². The first-order valence-corrected chi connectivity index (χ1v) is 8.01. The maximum absolute atomic E-state index is 13.1. The summed E-state index contributed by atoms with van der Waals surface area (Å²) in [6, 6.07) is -1.99. The van der Waals surface area contributed by atoms with Gasteiger partial charge in [0.25, 0.3) is 0 Å². The summed E-state index contributed by atoms with van der Waals surface area (Å²) >= 11 is 0. The SMILES string of the molecule is COC(=O)[C@H]1CCN(C(=O)OC)[C@@H](CN2CCC[C@@H]2C(F)(F)F)C1. The summed E-state index contributed by atoms with van der Waals surface area (Å²) in [7, 11) is 2.52. The molecule has 1 amide bonds. The summed E-state index contributed by atoms with van der Waals surface area (Å²) in [6.07, 6.45) is -3.64. The van der Waals surface area contributed by atoms with Crippen LogP contribution in [0.4, 0.5) is 18.0 Å². The third-order valence-corrected chi connectivity index (χ3v) is 4.85. The quantitative estimate of drug-likeness (QED) is 0.728. The van der Waals surface area contributed by atoms with Crippen molar-refractivity contribution in [1.29, 1.82) is 0 Å². The second kappa shape index (κ2) is 7.58. The van der Waals surface area contributed by atoms with Crippen LogP contribution in [0.1, 0.15) is 25.7 Å². The monoisotopic (exact) mass is 352 g/mol. The van der Waals surface area contributed by atoms with Crippen LogP contribution in [-0.2, 0) is 14.3 Å². The highest BCUT2D eigenvalue weighted by Crippen LogP contribution is 2.34. The number of halogens is 3. The van der Waals surface area contributed by atoms with Gasteiger partial charge in [0.1, 0.15) is 6.04 Å². The van der Waals surface area contributed by atoms with Gasteiger partial charge in [0.15, 0.2) is 0 Å². The topological polar surface area (TPSA) is 59.1 Å². The number of hydrogen-bond acceptors (Lipinski definition) is 5. The van der Waals surface area contributed by atoms with E-state index in [1.807, 2.05) is 0 Å². The third kappa shape index (κ3) is 4.12. The Morgan fingerprint density at radius 3 is 2.42 bits per heavy atom. The van der Waals surface area contributed by atoms with Gasteiger partial charge in [-0.1, -0.05) is 0 Å². The number of nitrogens with zero attached hydrogens (tertiary/aromatic N) is 2. The highest BCUT2D eigenvalue weighted by molar-refractivity contribution is 5.73. The maximum Gasteiger partial charge on any atom is 0.409 e. The van der Waals surface area contributed by atoms with Gasteiger partial charge in [0, 0.05) is 19.1 Å². The molecule has 0 aliphatic carbocycles. The number of hydrogen-bond donors (Lipinski definition) is 0. The number of rotatable bonds is 3. The molecular formula is C15H23F3N2O4. The smallest absolute Gasteiger partial charge is 0.409 e. The molecule has 0 unspecified atom stereocenters. The number of carbonyl (C=O) groups is 2. The van der Waals surface area contributed by atoms with Crippen molar-refractivity contribution in [1.82, 2.24) is 9.80 Å². The molecule has 0 spiro atoms. The van der Waals surface area contributed by atoms with E-state index in [9.17, 15) is 22.8 Å². The Morgan fingerprint density at radius 2 is 1.83 bits per heavy atom. The fourth-order valence-corrected chi connectivity index (χ4v) is 3.65. The van der Waals surface area contributed by atoms with Crippen LogP contribution in [-0.4, -0.2) is 74.0 Å². The maximum atomic E-state index is 13.1. The van der Waals surface area contributed by atoms with E-state index in [0.29, 0.717) is 19.4 Å². The van der Waals surface area contributed by atoms with Crippen LogP contribution in [0.5, 0.6) is 0 Å². The molecule has 2 aliphatic rings. The van der Waals surface area contributed by atoms with Gasteiger partial charge in [0.2, 0.25) is 0 Å². The third-order valence-electron chi connectivity index (χ3n) is 4.85. The molecule has 138 valence electrons. The number of amides is 1. The molecule has 24 heavy (non-hydrogen) atoms. The highest BCUT2D eigenvalue weighted by Gasteiger charge is 2.47. The number of alkyl halides is 3. The lowest BCUT2D eigenvalue weighted by Crippen LogP contribution is -2.54. The van der Waals surface area contributed by atoms with Crippen molar-refractivity contribution in [3.8, 4) is 0 Å². The summed E-state index contributed by atoms with van der Waals surface area (Å²) in [5.74, 6) is -0.800. The van der Waals surface area contributed by atoms with Crippen LogP contribution in [0.2, 0.25) is 0 Å². The standard InChI is InChI=1S/C15H23F3N2O4/c1-23-13(21)10-5-7-20(14(22)24-2)11(8-10)9-19-6-3-4-12(19)15(16,17)18/h10-12H,3-9H2,1-2H3/t10-,11+,12+/m0/s1. The van der Waals surface area contributed by atoms with Crippen molar-refractivity contribution in [2.24, 2.45) is 5.92 Å². The molecule has 0 N–H and O–H groups in total. The molecule has 2 fully saturated rings. The molecule has 0 saturated carbocycles. The Kier molecular flexibility index (Phi) is 5.95. The Labute approximate surface area is 138 Å². The van der Waals surface area contributed by atoms with Crippen molar-refractivity contribution < 1.29 is 32.2 Å². The van der Waals surface area contributed by atoms with Gasteiger partial charge in [-0.05, 0) is 32.2 Å². The van der Waals surface area contributed by atoms with Crippen molar-refractivity contribution in [2.75, 3.05) is 33.9 Å². The molecule has 0 bridgehead atoms. The number of piperidine rings is 1. The number of carbonyl (C=O) groups excluding carboxylic acids is 2. The summed E-state index contributed by atoms with van der Waals surface area (Å²) in [5, 5.41) is 0. The summed E-state index contributed by atoms with van der Waals surface area (Å²) in [5.41, 5.74) is 0. The molecule has 0 aromatic rings. The lowest BCUT2D eigenvalue weighted by atomic mass is 9.90. The van der Waals surface area contributed by atoms with Gasteiger partial charge < -0.3 is 14.4 Å². The predicted octanol–water partition coefficient (Wildman–Crippen LogP) is 2.03. The number of esters is 1. The minimum Gasteiger partial charge on any atom is -0.469 e. The Balaban J connectivity index is 2.11. The molecule has 2 aliphatic heterocycles. The molecular weight excluding hydrogens is 329 g/mol. The first-order chi connectivity index (χ1) is 11.3. The Hall–Kier alpha value is -1.51. The number of likely N-dealkylation sites (tertiary alicyclic amines) is 2. The summed E-state index contributed by atoms with van der Waals surface area (Å²) in [6.45, 7) is 0.674. The number of ether oxygens (including phenoxy) is 2. The zero-order valence-corrected chi connectivity index (χ0v) is 13.8. The minimum absolute atomic E-state index is 0.0644. The normalized spacial score (nSPS) is 28.7. The second-order valence-corrected chi connectivity index (χ2v) is 6.26. The van der Waals surface area contributed by atoms with E-state index in [1.54, 1.807) is 0 Å². The highest BCUT2D eigenvalue weighted by atomic mass is 19.4. The van der Waals surface area contributed by atoms with Crippen LogP contribution in [0.15, 0.2) is 0 Å². The molecule has 0 radical (unpaired) electrons. The fraction of sp³-hybridized carbons (Fsp3) is 0.867. The lowest BCUT2D eigenvalue weighted by molar-refractivity contribution is -0.178. The van der Waals surface area contributed by atoms with Gasteiger partial charge >= 0.3 is 18.2 Å². The molecule has 6 nitrogen and oxygen atoms in total. The second-order valence-electron chi connectivity index (χ2n) is 6.26. The average Bonchev–Trinajstić information content (AvgIpc) is 3.01. The molecule has 3 atom stereocenters. The molecule has 2 rings (SSSR count). The lowest BCUT2D eigenvalue weighted by Gasteiger charge is -2.40. The molecule has 0 aromatic carbocycles. The summed E-state index contributed by atoms with van der Waals surface area (Å²) < 4.78 is 48.8. The van der Waals surface area contributed by atoms with Crippen LogP contribution in [0.3, 0.4) is 0 Å². The minimum atomic E-state index is -4.29. The molecule has 9 heteroatoms. The fourth-order valence-electron chi connectivity index (χ4n) is 3.65. The summed E-state index contributed by atoms with van der Waals surface area (Å²) in [4.78, 5) is 26.5. The van der Waals surface area contributed by atoms with Crippen LogP contribution < -0.4 is 0 Å². The zero-order valence-electron chi connectivity index (χ0n) is 13.8. The first-order valence-electron chi connectivity index (χ1n) is 8.01. The Bertz CT molecular complexity index is 472. The van der Waals surface area contributed by atoms with E-state index in [1.165, 1.54) is 24.0 Å².